The maximum absolute atomic E-state index is 13.3. The molecule has 2 aromatic carbocycles. The van der Waals surface area contributed by atoms with Crippen molar-refractivity contribution in [1.29, 1.82) is 0 Å². The van der Waals surface area contributed by atoms with Gasteiger partial charge in [0, 0.05) is 18.3 Å². The summed E-state index contributed by atoms with van der Waals surface area (Å²) in [6.07, 6.45) is 0. The van der Waals surface area contributed by atoms with E-state index >= 15 is 0 Å². The first kappa shape index (κ1) is 21.2. The van der Waals surface area contributed by atoms with Gasteiger partial charge < -0.3 is 16.0 Å². The molecule has 0 saturated carbocycles. The fourth-order valence-corrected chi connectivity index (χ4v) is 5.03. The van der Waals surface area contributed by atoms with Crippen LogP contribution in [-0.2, 0) is 9.59 Å². The molecule has 0 bridgehead atoms. The van der Waals surface area contributed by atoms with Crippen molar-refractivity contribution in [2.75, 3.05) is 21.7 Å². The molecule has 0 radical (unpaired) electrons. The molecule has 2 heterocycles. The number of nitrogens with one attached hydrogen (secondary N) is 3. The van der Waals surface area contributed by atoms with Crippen molar-refractivity contribution < 1.29 is 14.0 Å². The van der Waals surface area contributed by atoms with Gasteiger partial charge in [0.2, 0.25) is 16.9 Å². The minimum Gasteiger partial charge on any atom is -0.330 e. The summed E-state index contributed by atoms with van der Waals surface area (Å²) in [5.74, 6) is -0.593. The Morgan fingerprint density at radius 2 is 1.87 bits per heavy atom. The predicted octanol–water partition coefficient (Wildman–Crippen LogP) is 4.72. The number of aromatic nitrogens is 3. The molecule has 4 rings (SSSR count). The van der Waals surface area contributed by atoms with Crippen molar-refractivity contribution in [3.05, 3.63) is 48.3 Å². The number of amides is 2. The van der Waals surface area contributed by atoms with E-state index in [2.05, 4.69) is 31.1 Å². The molecule has 2 amide bonds. The second-order valence-electron chi connectivity index (χ2n) is 6.23. The van der Waals surface area contributed by atoms with E-state index in [1.54, 1.807) is 18.2 Å². The highest BCUT2D eigenvalue weighted by Gasteiger charge is 2.12. The smallest absolute Gasteiger partial charge is 0.236 e. The van der Waals surface area contributed by atoms with Crippen molar-refractivity contribution in [3.63, 3.8) is 0 Å². The molecule has 0 aliphatic carbocycles. The Labute approximate surface area is 188 Å². The molecule has 0 fully saturated rings. The van der Waals surface area contributed by atoms with Crippen LogP contribution in [0.15, 0.2) is 46.8 Å². The molecule has 0 unspecified atom stereocenters. The van der Waals surface area contributed by atoms with Gasteiger partial charge >= 0.3 is 0 Å². The summed E-state index contributed by atoms with van der Waals surface area (Å²) in [5, 5.41) is 17.7. The van der Waals surface area contributed by atoms with Gasteiger partial charge in [0.25, 0.3) is 0 Å². The first-order valence-electron chi connectivity index (χ1n) is 8.91. The SMILES string of the molecule is CC(=O)Nc1cccc(Nc2nnc(SCC(=O)Nc3nc4ccc(F)cc4s3)s2)c1. The van der Waals surface area contributed by atoms with Crippen LogP contribution in [0.1, 0.15) is 6.92 Å². The molecule has 2 aromatic heterocycles. The lowest BCUT2D eigenvalue weighted by Gasteiger charge is -2.05. The molecule has 3 N–H and O–H groups in total. The summed E-state index contributed by atoms with van der Waals surface area (Å²) in [6, 6.07) is 11.5. The van der Waals surface area contributed by atoms with Gasteiger partial charge in [-0.25, -0.2) is 9.37 Å². The van der Waals surface area contributed by atoms with Crippen LogP contribution in [0.4, 0.5) is 26.0 Å². The summed E-state index contributed by atoms with van der Waals surface area (Å²) in [4.78, 5) is 27.7. The summed E-state index contributed by atoms with van der Waals surface area (Å²) < 4.78 is 14.6. The number of anilines is 4. The fourth-order valence-electron chi connectivity index (χ4n) is 2.55. The summed E-state index contributed by atoms with van der Waals surface area (Å²) >= 11 is 3.78. The lowest BCUT2D eigenvalue weighted by atomic mass is 10.3. The Morgan fingerprint density at radius 3 is 2.71 bits per heavy atom. The Morgan fingerprint density at radius 1 is 1.03 bits per heavy atom. The number of fused-ring (bicyclic) bond motifs is 1. The Balaban J connectivity index is 1.31. The second kappa shape index (κ2) is 9.37. The van der Waals surface area contributed by atoms with Crippen LogP contribution < -0.4 is 16.0 Å². The maximum Gasteiger partial charge on any atom is 0.236 e. The van der Waals surface area contributed by atoms with Gasteiger partial charge in [-0.1, -0.05) is 40.5 Å². The molecule has 0 saturated heterocycles. The van der Waals surface area contributed by atoms with Crippen LogP contribution in [0.2, 0.25) is 0 Å². The van der Waals surface area contributed by atoms with E-state index < -0.39 is 0 Å². The van der Waals surface area contributed by atoms with E-state index in [-0.39, 0.29) is 23.4 Å². The molecule has 4 aromatic rings. The maximum atomic E-state index is 13.3. The van der Waals surface area contributed by atoms with Gasteiger partial charge in [0.05, 0.1) is 16.0 Å². The molecule has 8 nitrogen and oxygen atoms in total. The van der Waals surface area contributed by atoms with E-state index in [4.69, 9.17) is 0 Å². The van der Waals surface area contributed by atoms with Crippen molar-refractivity contribution in [3.8, 4) is 0 Å². The van der Waals surface area contributed by atoms with Crippen molar-refractivity contribution in [2.45, 2.75) is 11.3 Å². The summed E-state index contributed by atoms with van der Waals surface area (Å²) in [5.41, 5.74) is 2.06. The van der Waals surface area contributed by atoms with E-state index in [1.165, 1.54) is 53.5 Å². The number of thioether (sulfide) groups is 1. The van der Waals surface area contributed by atoms with Gasteiger partial charge in [-0.3, -0.25) is 9.59 Å². The largest absolute Gasteiger partial charge is 0.330 e. The van der Waals surface area contributed by atoms with Crippen LogP contribution in [0.25, 0.3) is 10.2 Å². The molecule has 0 aliphatic heterocycles. The second-order valence-corrected chi connectivity index (χ2v) is 9.46. The van der Waals surface area contributed by atoms with Crippen molar-refractivity contribution in [1.82, 2.24) is 15.2 Å². The highest BCUT2D eigenvalue weighted by atomic mass is 32.2. The summed E-state index contributed by atoms with van der Waals surface area (Å²) in [7, 11) is 0. The Bertz CT molecular complexity index is 1260. The molecule has 0 spiro atoms. The van der Waals surface area contributed by atoms with Gasteiger partial charge in [-0.15, -0.1) is 10.2 Å². The third-order valence-electron chi connectivity index (χ3n) is 3.76. The molecule has 158 valence electrons. The highest BCUT2D eigenvalue weighted by molar-refractivity contribution is 8.01. The topological polar surface area (TPSA) is 109 Å². The third kappa shape index (κ3) is 5.75. The standard InChI is InChI=1S/C19H15FN6O2S3/c1-10(27)21-12-3-2-4-13(8-12)22-18-25-26-19(31-18)29-9-16(28)24-17-23-14-6-5-11(20)7-15(14)30-17/h2-8H,9H2,1H3,(H,21,27)(H,22,25)(H,23,24,28). The zero-order valence-electron chi connectivity index (χ0n) is 16.0. The van der Waals surface area contributed by atoms with E-state index in [0.29, 0.717) is 30.5 Å². The Kier molecular flexibility index (Phi) is 6.39. The highest BCUT2D eigenvalue weighted by Crippen LogP contribution is 2.29. The number of rotatable bonds is 7. The van der Waals surface area contributed by atoms with Gasteiger partial charge in [-0.05, 0) is 36.4 Å². The number of hydrogen-bond donors (Lipinski definition) is 3. The number of hydrogen-bond acceptors (Lipinski definition) is 9. The lowest BCUT2D eigenvalue weighted by Crippen LogP contribution is -2.13. The lowest BCUT2D eigenvalue weighted by molar-refractivity contribution is -0.114. The van der Waals surface area contributed by atoms with Crippen LogP contribution in [0.5, 0.6) is 0 Å². The predicted molar refractivity (Wildman–Crippen MR) is 123 cm³/mol. The average Bonchev–Trinajstić information content (AvgIpc) is 3.32. The molecule has 0 aliphatic rings. The molecular formula is C19H15FN6O2S3. The fraction of sp³-hybridized carbons (Fsp3) is 0.105. The number of halogens is 1. The van der Waals surface area contributed by atoms with Crippen molar-refractivity contribution >= 4 is 78.1 Å². The van der Waals surface area contributed by atoms with Crippen LogP contribution in [0, 0.1) is 5.82 Å². The van der Waals surface area contributed by atoms with Gasteiger partial charge in [-0.2, -0.15) is 0 Å². The number of carbonyl (C=O) groups excluding carboxylic acids is 2. The number of nitrogens with zero attached hydrogens (tertiary/aromatic N) is 3. The molecule has 0 atom stereocenters. The van der Waals surface area contributed by atoms with Gasteiger partial charge in [0.15, 0.2) is 9.47 Å². The monoisotopic (exact) mass is 474 g/mol. The zero-order valence-corrected chi connectivity index (χ0v) is 18.5. The van der Waals surface area contributed by atoms with E-state index in [1.807, 2.05) is 12.1 Å². The van der Waals surface area contributed by atoms with Crippen LogP contribution in [0.3, 0.4) is 0 Å². The normalized spacial score (nSPS) is 10.8. The minimum absolute atomic E-state index is 0.136. The minimum atomic E-state index is -0.341. The average molecular weight is 475 g/mol. The first-order valence-corrected chi connectivity index (χ1v) is 11.5. The van der Waals surface area contributed by atoms with Crippen LogP contribution >= 0.6 is 34.4 Å². The molecule has 12 heteroatoms. The number of carbonyl (C=O) groups is 2. The van der Waals surface area contributed by atoms with E-state index in [0.717, 1.165) is 5.69 Å². The zero-order chi connectivity index (χ0) is 21.8. The Hall–Kier alpha value is -3.09. The number of benzene rings is 2. The molecule has 31 heavy (non-hydrogen) atoms. The van der Waals surface area contributed by atoms with Crippen LogP contribution in [-0.4, -0.2) is 32.7 Å². The van der Waals surface area contributed by atoms with Crippen molar-refractivity contribution in [2.24, 2.45) is 0 Å². The first-order chi connectivity index (χ1) is 14.9. The number of thiazole rings is 1. The van der Waals surface area contributed by atoms with Gasteiger partial charge in [0.1, 0.15) is 5.82 Å². The molecular weight excluding hydrogens is 459 g/mol. The third-order valence-corrected chi connectivity index (χ3v) is 6.67. The quantitative estimate of drug-likeness (QED) is 0.333. The summed E-state index contributed by atoms with van der Waals surface area (Å²) in [6.45, 7) is 1.45. The van der Waals surface area contributed by atoms with E-state index in [9.17, 15) is 14.0 Å².